The van der Waals surface area contributed by atoms with E-state index in [0.29, 0.717) is 0 Å². The minimum absolute atomic E-state index is 0.804. The molecule has 20 heavy (non-hydrogen) atoms. The van der Waals surface area contributed by atoms with Crippen molar-refractivity contribution in [3.05, 3.63) is 12.2 Å². The molecule has 0 unspecified atom stereocenters. The first-order valence-corrected chi connectivity index (χ1v) is 11.4. The Bertz CT molecular complexity index is 227. The average Bonchev–Trinajstić information content (AvgIpc) is 2.41. The van der Waals surface area contributed by atoms with Crippen molar-refractivity contribution in [2.45, 2.75) is 84.7 Å². The van der Waals surface area contributed by atoms with E-state index in [-0.39, 0.29) is 0 Å². The molecule has 0 heterocycles. The number of hydrogen-bond acceptors (Lipinski definition) is 2. The number of rotatable bonds is 14. The standard InChI is InChI=1S/C17H36O2Si/c1-5-7-9-11-12-13-15-17-19-20(3,4)18-16-14-10-8-6-2/h12-13H,5-11,14-17H2,1-4H3/b13-12+. The van der Waals surface area contributed by atoms with Crippen LogP contribution in [0.2, 0.25) is 13.1 Å². The van der Waals surface area contributed by atoms with E-state index in [1.807, 2.05) is 0 Å². The Kier molecular flexibility index (Phi) is 13.8. The van der Waals surface area contributed by atoms with Crippen molar-refractivity contribution < 1.29 is 8.85 Å². The van der Waals surface area contributed by atoms with Gasteiger partial charge in [0.15, 0.2) is 0 Å². The molecule has 0 bridgehead atoms. The zero-order valence-electron chi connectivity index (χ0n) is 14.2. The van der Waals surface area contributed by atoms with Crippen molar-refractivity contribution in [3.8, 4) is 0 Å². The maximum Gasteiger partial charge on any atom is 0.331 e. The van der Waals surface area contributed by atoms with Crippen LogP contribution in [0.15, 0.2) is 12.2 Å². The maximum atomic E-state index is 5.93. The fourth-order valence-electron chi connectivity index (χ4n) is 2.01. The lowest BCUT2D eigenvalue weighted by Gasteiger charge is -2.22. The molecule has 3 heteroatoms. The van der Waals surface area contributed by atoms with Crippen LogP contribution in [0.3, 0.4) is 0 Å². The number of hydrogen-bond donors (Lipinski definition) is 0. The summed E-state index contributed by atoms with van der Waals surface area (Å²) in [5, 5.41) is 0. The highest BCUT2D eigenvalue weighted by atomic mass is 28.4. The van der Waals surface area contributed by atoms with Crippen LogP contribution >= 0.6 is 0 Å². The Balaban J connectivity index is 3.46. The fraction of sp³-hybridized carbons (Fsp3) is 0.882. The molecule has 0 aliphatic carbocycles. The van der Waals surface area contributed by atoms with Crippen molar-refractivity contribution in [1.82, 2.24) is 0 Å². The molecule has 0 atom stereocenters. The molecular weight excluding hydrogens is 264 g/mol. The molecule has 0 amide bonds. The molecule has 0 fully saturated rings. The molecule has 0 radical (unpaired) electrons. The number of allylic oxidation sites excluding steroid dienone is 1. The molecule has 0 aromatic heterocycles. The Morgan fingerprint density at radius 1 is 0.700 bits per heavy atom. The van der Waals surface area contributed by atoms with Crippen LogP contribution in [0.5, 0.6) is 0 Å². The summed E-state index contributed by atoms with van der Waals surface area (Å²) >= 11 is 0. The van der Waals surface area contributed by atoms with Crippen LogP contribution in [-0.2, 0) is 8.85 Å². The molecule has 0 aromatic carbocycles. The molecular formula is C17H36O2Si. The smallest absolute Gasteiger partial charge is 0.331 e. The van der Waals surface area contributed by atoms with Crippen LogP contribution in [0.25, 0.3) is 0 Å². The third-order valence-corrected chi connectivity index (χ3v) is 5.12. The third kappa shape index (κ3) is 14.3. The second-order valence-corrected chi connectivity index (χ2v) is 9.29. The molecule has 0 spiro atoms. The van der Waals surface area contributed by atoms with E-state index in [9.17, 15) is 0 Å². The molecule has 0 saturated carbocycles. The normalized spacial score (nSPS) is 12.4. The second kappa shape index (κ2) is 13.8. The first kappa shape index (κ1) is 19.9. The van der Waals surface area contributed by atoms with Crippen LogP contribution < -0.4 is 0 Å². The van der Waals surface area contributed by atoms with Gasteiger partial charge in [0, 0.05) is 13.2 Å². The average molecular weight is 301 g/mol. The molecule has 0 saturated heterocycles. The molecule has 120 valence electrons. The second-order valence-electron chi connectivity index (χ2n) is 5.91. The highest BCUT2D eigenvalue weighted by Crippen LogP contribution is 2.09. The summed E-state index contributed by atoms with van der Waals surface area (Å²) in [5.41, 5.74) is 0. The summed E-state index contributed by atoms with van der Waals surface area (Å²) in [4.78, 5) is 0. The lowest BCUT2D eigenvalue weighted by molar-refractivity contribution is 0.178. The zero-order chi connectivity index (χ0) is 15.1. The largest absolute Gasteiger partial charge is 0.395 e. The summed E-state index contributed by atoms with van der Waals surface area (Å²) in [5.74, 6) is 0. The number of unbranched alkanes of at least 4 members (excludes halogenated alkanes) is 6. The van der Waals surface area contributed by atoms with Crippen molar-refractivity contribution in [1.29, 1.82) is 0 Å². The van der Waals surface area contributed by atoms with Gasteiger partial charge in [-0.2, -0.15) is 0 Å². The molecule has 2 nitrogen and oxygen atoms in total. The van der Waals surface area contributed by atoms with E-state index in [1.165, 1.54) is 51.4 Å². The lowest BCUT2D eigenvalue weighted by atomic mass is 10.2. The quantitative estimate of drug-likeness (QED) is 0.228. The van der Waals surface area contributed by atoms with Crippen molar-refractivity contribution >= 4 is 8.56 Å². The van der Waals surface area contributed by atoms with Gasteiger partial charge in [0.25, 0.3) is 0 Å². The van der Waals surface area contributed by atoms with E-state index < -0.39 is 8.56 Å². The predicted octanol–water partition coefficient (Wildman–Crippen LogP) is 5.83. The van der Waals surface area contributed by atoms with Gasteiger partial charge in [-0.15, -0.1) is 0 Å². The van der Waals surface area contributed by atoms with Gasteiger partial charge < -0.3 is 8.85 Å². The van der Waals surface area contributed by atoms with Gasteiger partial charge in [-0.3, -0.25) is 0 Å². The summed E-state index contributed by atoms with van der Waals surface area (Å²) in [6.45, 7) is 10.4. The van der Waals surface area contributed by atoms with Crippen molar-refractivity contribution in [3.63, 3.8) is 0 Å². The van der Waals surface area contributed by atoms with Gasteiger partial charge in [-0.05, 0) is 38.8 Å². The molecule has 0 aliphatic rings. The lowest BCUT2D eigenvalue weighted by Crippen LogP contribution is -2.35. The monoisotopic (exact) mass is 300 g/mol. The molecule has 0 aromatic rings. The summed E-state index contributed by atoms with van der Waals surface area (Å²) in [6, 6.07) is 0. The van der Waals surface area contributed by atoms with Crippen LogP contribution in [-0.4, -0.2) is 21.8 Å². The third-order valence-electron chi connectivity index (χ3n) is 3.32. The van der Waals surface area contributed by atoms with E-state index in [1.54, 1.807) is 0 Å². The Morgan fingerprint density at radius 2 is 1.30 bits per heavy atom. The highest BCUT2D eigenvalue weighted by Gasteiger charge is 2.23. The topological polar surface area (TPSA) is 18.5 Å². The van der Waals surface area contributed by atoms with E-state index in [2.05, 4.69) is 39.1 Å². The van der Waals surface area contributed by atoms with Gasteiger partial charge in [0.2, 0.25) is 0 Å². The molecule has 0 N–H and O–H groups in total. The minimum Gasteiger partial charge on any atom is -0.395 e. The molecule has 0 aliphatic heterocycles. The van der Waals surface area contributed by atoms with Crippen LogP contribution in [0, 0.1) is 0 Å². The predicted molar refractivity (Wildman–Crippen MR) is 91.4 cm³/mol. The Hall–Kier alpha value is -0.123. The van der Waals surface area contributed by atoms with Gasteiger partial charge in [-0.1, -0.05) is 58.1 Å². The summed E-state index contributed by atoms with van der Waals surface area (Å²) in [7, 11) is -1.88. The SMILES string of the molecule is CCCCC/C=C/CCO[Si](C)(C)OCCCCCC. The maximum absolute atomic E-state index is 5.93. The fourth-order valence-corrected chi connectivity index (χ4v) is 3.34. The van der Waals surface area contributed by atoms with E-state index in [4.69, 9.17) is 8.85 Å². The van der Waals surface area contributed by atoms with Gasteiger partial charge in [-0.25, -0.2) is 0 Å². The first-order chi connectivity index (χ1) is 9.62. The molecule has 0 rings (SSSR count). The van der Waals surface area contributed by atoms with Crippen molar-refractivity contribution in [2.24, 2.45) is 0 Å². The first-order valence-electron chi connectivity index (χ1n) is 8.55. The summed E-state index contributed by atoms with van der Waals surface area (Å²) in [6.07, 6.45) is 15.8. The van der Waals surface area contributed by atoms with Crippen LogP contribution in [0.4, 0.5) is 0 Å². The van der Waals surface area contributed by atoms with Gasteiger partial charge >= 0.3 is 8.56 Å². The van der Waals surface area contributed by atoms with Crippen molar-refractivity contribution in [2.75, 3.05) is 13.2 Å². The minimum atomic E-state index is -1.88. The van der Waals surface area contributed by atoms with E-state index in [0.717, 1.165) is 19.6 Å². The highest BCUT2D eigenvalue weighted by molar-refractivity contribution is 6.64. The van der Waals surface area contributed by atoms with E-state index >= 15 is 0 Å². The Labute approximate surface area is 128 Å². The van der Waals surface area contributed by atoms with Gasteiger partial charge in [0.1, 0.15) is 0 Å². The van der Waals surface area contributed by atoms with Crippen LogP contribution in [0.1, 0.15) is 71.6 Å². The summed E-state index contributed by atoms with van der Waals surface area (Å²) < 4.78 is 11.9. The van der Waals surface area contributed by atoms with Gasteiger partial charge in [0.05, 0.1) is 0 Å². The Morgan fingerprint density at radius 3 is 2.00 bits per heavy atom. The zero-order valence-corrected chi connectivity index (χ0v) is 15.2.